The van der Waals surface area contributed by atoms with Gasteiger partial charge in [0.2, 0.25) is 10.8 Å². The zero-order valence-corrected chi connectivity index (χ0v) is 16.9. The zero-order valence-electron chi connectivity index (χ0n) is 16.1. The minimum Gasteiger partial charge on any atom is -0.492 e. The largest absolute Gasteiger partial charge is 0.492 e. The zero-order chi connectivity index (χ0) is 20.0. The summed E-state index contributed by atoms with van der Waals surface area (Å²) in [5.41, 5.74) is 3.22. The van der Waals surface area contributed by atoms with Crippen molar-refractivity contribution in [1.82, 2.24) is 14.6 Å². The van der Waals surface area contributed by atoms with Gasteiger partial charge < -0.3 is 10.0 Å². The normalized spacial score (nSPS) is 17.4. The van der Waals surface area contributed by atoms with E-state index in [-0.39, 0.29) is 17.7 Å². The molecule has 1 aliphatic heterocycles. The minimum atomic E-state index is -0.317. The summed E-state index contributed by atoms with van der Waals surface area (Å²) in [6.07, 6.45) is 1.63. The third-order valence-corrected chi connectivity index (χ3v) is 6.78. The highest BCUT2D eigenvalue weighted by molar-refractivity contribution is 7.17. The van der Waals surface area contributed by atoms with Gasteiger partial charge in [-0.3, -0.25) is 0 Å². The second-order valence-corrected chi connectivity index (χ2v) is 8.43. The molecule has 0 saturated carbocycles. The van der Waals surface area contributed by atoms with Gasteiger partial charge >= 0.3 is 0 Å². The van der Waals surface area contributed by atoms with Crippen molar-refractivity contribution in [2.45, 2.75) is 32.4 Å². The molecule has 0 radical (unpaired) electrons. The maximum atomic E-state index is 14.9. The summed E-state index contributed by atoms with van der Waals surface area (Å²) in [5.74, 6) is 0.508. The van der Waals surface area contributed by atoms with Crippen LogP contribution in [0.5, 0.6) is 5.88 Å². The van der Waals surface area contributed by atoms with Crippen molar-refractivity contribution in [3.05, 3.63) is 81.7 Å². The van der Waals surface area contributed by atoms with Gasteiger partial charge in [0.25, 0.3) is 0 Å². The van der Waals surface area contributed by atoms with Gasteiger partial charge in [-0.2, -0.15) is 4.52 Å². The molecule has 0 amide bonds. The van der Waals surface area contributed by atoms with Crippen molar-refractivity contribution in [3.63, 3.8) is 0 Å². The van der Waals surface area contributed by atoms with Crippen molar-refractivity contribution >= 4 is 16.3 Å². The fourth-order valence-electron chi connectivity index (χ4n) is 4.23. The predicted molar refractivity (Wildman–Crippen MR) is 110 cm³/mol. The first-order valence-corrected chi connectivity index (χ1v) is 10.7. The van der Waals surface area contributed by atoms with E-state index in [2.05, 4.69) is 28.3 Å². The summed E-state index contributed by atoms with van der Waals surface area (Å²) in [6, 6.07) is 15.0. The van der Waals surface area contributed by atoms with Crippen LogP contribution >= 0.6 is 11.3 Å². The Labute approximate surface area is 172 Å². The number of rotatable bonds is 4. The fraction of sp³-hybridized carbons (Fsp3) is 0.273. The number of aromatic nitrogens is 3. The monoisotopic (exact) mass is 409 g/mol. The number of nitrogens with zero attached hydrogens (tertiary/aromatic N) is 3. The van der Waals surface area contributed by atoms with Crippen LogP contribution < -0.4 is 4.90 Å². The van der Waals surface area contributed by atoms with Crippen LogP contribution in [0.2, 0.25) is 0 Å². The standard InChI is InChI=1S/C22H21FN4OS/c1-2-18-24-22-27(25-18)21(28)20(29-22)19(16-9-5-6-10-17(16)23)26-12-11-14-7-3-4-8-15(14)13-26/h3-10,19,28H,2,11-13H2,1H3/p+1/t19-/m0/s1. The fourth-order valence-corrected chi connectivity index (χ4v) is 5.38. The Balaban J connectivity index is 1.63. The molecule has 5 nitrogen and oxygen atoms in total. The molecule has 2 atom stereocenters. The third kappa shape index (κ3) is 3.10. The van der Waals surface area contributed by atoms with Crippen molar-refractivity contribution in [3.8, 4) is 5.88 Å². The Kier molecular flexibility index (Phi) is 4.56. The molecule has 29 heavy (non-hydrogen) atoms. The average Bonchev–Trinajstić information content (AvgIpc) is 3.29. The van der Waals surface area contributed by atoms with E-state index in [9.17, 15) is 9.50 Å². The number of hydrogen-bond acceptors (Lipinski definition) is 4. The Hall–Kier alpha value is -2.77. The molecule has 5 rings (SSSR count). The first-order valence-electron chi connectivity index (χ1n) is 9.88. The number of benzene rings is 2. The molecule has 2 N–H and O–H groups in total. The number of thiazole rings is 1. The summed E-state index contributed by atoms with van der Waals surface area (Å²) < 4.78 is 16.4. The second-order valence-electron chi connectivity index (χ2n) is 7.42. The highest BCUT2D eigenvalue weighted by Gasteiger charge is 2.36. The molecule has 0 saturated heterocycles. The number of aromatic hydroxyl groups is 1. The number of aryl methyl sites for hydroxylation is 1. The lowest BCUT2D eigenvalue weighted by Gasteiger charge is -2.32. The van der Waals surface area contributed by atoms with E-state index in [0.29, 0.717) is 27.6 Å². The molecule has 4 aromatic rings. The number of quaternary nitrogens is 1. The minimum absolute atomic E-state index is 0.0665. The number of fused-ring (bicyclic) bond motifs is 2. The Morgan fingerprint density at radius 2 is 1.93 bits per heavy atom. The van der Waals surface area contributed by atoms with E-state index in [1.165, 1.54) is 37.9 Å². The number of halogens is 1. The maximum absolute atomic E-state index is 14.9. The topological polar surface area (TPSA) is 54.9 Å². The lowest BCUT2D eigenvalue weighted by Crippen LogP contribution is -3.12. The molecular formula is C22H22FN4OS+. The molecular weight excluding hydrogens is 387 g/mol. The molecule has 2 aromatic carbocycles. The molecule has 0 aliphatic carbocycles. The Morgan fingerprint density at radius 1 is 1.17 bits per heavy atom. The molecule has 148 valence electrons. The van der Waals surface area contributed by atoms with E-state index in [0.717, 1.165) is 19.5 Å². The molecule has 0 spiro atoms. The van der Waals surface area contributed by atoms with Gasteiger partial charge in [0.05, 0.1) is 12.1 Å². The van der Waals surface area contributed by atoms with Gasteiger partial charge in [-0.25, -0.2) is 9.37 Å². The smallest absolute Gasteiger partial charge is 0.235 e. The maximum Gasteiger partial charge on any atom is 0.235 e. The van der Waals surface area contributed by atoms with Crippen LogP contribution in [0.15, 0.2) is 48.5 Å². The molecule has 0 bridgehead atoms. The summed E-state index contributed by atoms with van der Waals surface area (Å²) >= 11 is 1.40. The van der Waals surface area contributed by atoms with Gasteiger partial charge in [0, 0.05) is 18.4 Å². The summed E-state index contributed by atoms with van der Waals surface area (Å²) in [5, 5.41) is 15.4. The van der Waals surface area contributed by atoms with E-state index in [1.807, 2.05) is 25.1 Å². The van der Waals surface area contributed by atoms with Crippen LogP contribution in [0.1, 0.15) is 40.4 Å². The highest BCUT2D eigenvalue weighted by Crippen LogP contribution is 2.36. The van der Waals surface area contributed by atoms with Gasteiger partial charge in [0.15, 0.2) is 11.9 Å². The van der Waals surface area contributed by atoms with Crippen LogP contribution in [0, 0.1) is 5.82 Å². The molecule has 2 aromatic heterocycles. The van der Waals surface area contributed by atoms with Crippen LogP contribution in [0.3, 0.4) is 0 Å². The summed E-state index contributed by atoms with van der Waals surface area (Å²) in [4.78, 5) is 7.07. The SMILES string of the molecule is CCc1nc2sc([C@H](c3ccccc3F)[NH+]3CCc4ccccc4C3)c(O)n2n1. The van der Waals surface area contributed by atoms with Gasteiger partial charge in [-0.15, -0.1) is 5.10 Å². The van der Waals surface area contributed by atoms with Gasteiger partial charge in [-0.1, -0.05) is 54.7 Å². The summed E-state index contributed by atoms with van der Waals surface area (Å²) in [6.45, 7) is 3.63. The van der Waals surface area contributed by atoms with Gasteiger partial charge in [0.1, 0.15) is 17.2 Å². The molecule has 1 unspecified atom stereocenters. The molecule has 0 fully saturated rings. The first kappa shape index (κ1) is 18.3. The molecule has 1 aliphatic rings. The average molecular weight is 410 g/mol. The van der Waals surface area contributed by atoms with Crippen molar-refractivity contribution < 1.29 is 14.4 Å². The molecule has 7 heteroatoms. The quantitative estimate of drug-likeness (QED) is 0.545. The second kappa shape index (κ2) is 7.24. The van der Waals surface area contributed by atoms with Crippen LogP contribution in [0.25, 0.3) is 4.96 Å². The van der Waals surface area contributed by atoms with Crippen LogP contribution in [-0.2, 0) is 19.4 Å². The van der Waals surface area contributed by atoms with Crippen LogP contribution in [0.4, 0.5) is 4.39 Å². The first-order chi connectivity index (χ1) is 14.2. The lowest BCUT2D eigenvalue weighted by molar-refractivity contribution is -0.941. The third-order valence-electron chi connectivity index (χ3n) is 5.70. The van der Waals surface area contributed by atoms with Crippen LogP contribution in [-0.4, -0.2) is 26.2 Å². The lowest BCUT2D eigenvalue weighted by atomic mass is 9.95. The molecule has 3 heterocycles. The highest BCUT2D eigenvalue weighted by atomic mass is 32.1. The van der Waals surface area contributed by atoms with E-state index in [4.69, 9.17) is 0 Å². The van der Waals surface area contributed by atoms with E-state index < -0.39 is 0 Å². The summed E-state index contributed by atoms with van der Waals surface area (Å²) in [7, 11) is 0. The predicted octanol–water partition coefficient (Wildman–Crippen LogP) is 2.93. The van der Waals surface area contributed by atoms with E-state index >= 15 is 0 Å². The Morgan fingerprint density at radius 3 is 2.69 bits per heavy atom. The Bertz CT molecular complexity index is 1180. The number of nitrogens with one attached hydrogen (secondary N) is 1. The van der Waals surface area contributed by atoms with E-state index in [1.54, 1.807) is 6.07 Å². The number of hydrogen-bond donors (Lipinski definition) is 2. The van der Waals surface area contributed by atoms with Gasteiger partial charge in [-0.05, 0) is 17.7 Å². The van der Waals surface area contributed by atoms with Crippen molar-refractivity contribution in [2.75, 3.05) is 6.54 Å². The van der Waals surface area contributed by atoms with Crippen molar-refractivity contribution in [2.24, 2.45) is 0 Å². The van der Waals surface area contributed by atoms with Crippen molar-refractivity contribution in [1.29, 1.82) is 0 Å².